The number of aromatic amines is 1. The molecule has 0 aliphatic heterocycles. The van der Waals surface area contributed by atoms with E-state index in [1.807, 2.05) is 54.7 Å². The molecule has 1 heterocycles. The fourth-order valence-electron chi connectivity index (χ4n) is 2.69. The number of halogens is 1. The van der Waals surface area contributed by atoms with Crippen LogP contribution in [0.3, 0.4) is 0 Å². The highest BCUT2D eigenvalue weighted by molar-refractivity contribution is 6.31. The third-order valence-electron chi connectivity index (χ3n) is 3.92. The van der Waals surface area contributed by atoms with Gasteiger partial charge in [-0.05, 0) is 55.2 Å². The zero-order valence-electron chi connectivity index (χ0n) is 12.8. The molecule has 0 aliphatic carbocycles. The predicted molar refractivity (Wildman–Crippen MR) is 95.0 cm³/mol. The lowest BCUT2D eigenvalue weighted by Gasteiger charge is -2.05. The van der Waals surface area contributed by atoms with Crippen molar-refractivity contribution in [2.75, 3.05) is 6.54 Å². The van der Waals surface area contributed by atoms with Crippen molar-refractivity contribution in [1.29, 1.82) is 0 Å². The summed E-state index contributed by atoms with van der Waals surface area (Å²) in [5.74, 6) is -0.00974. The highest BCUT2D eigenvalue weighted by atomic mass is 35.5. The van der Waals surface area contributed by atoms with Crippen molar-refractivity contribution in [2.24, 2.45) is 0 Å². The van der Waals surface area contributed by atoms with Gasteiger partial charge in [-0.15, -0.1) is 0 Å². The summed E-state index contributed by atoms with van der Waals surface area (Å²) in [5.41, 5.74) is 3.09. The van der Waals surface area contributed by atoms with Crippen molar-refractivity contribution in [3.63, 3.8) is 0 Å². The minimum absolute atomic E-state index is 0.00974. The Morgan fingerprint density at radius 3 is 2.74 bits per heavy atom. The first-order chi connectivity index (χ1) is 11.2. The van der Waals surface area contributed by atoms with Crippen LogP contribution < -0.4 is 5.32 Å². The summed E-state index contributed by atoms with van der Waals surface area (Å²) in [6.45, 7) is 0.691. The molecule has 4 heteroatoms. The quantitative estimate of drug-likeness (QED) is 0.640. The predicted octanol–water partition coefficient (Wildman–Crippen LogP) is 4.57. The smallest absolute Gasteiger partial charge is 0.251 e. The van der Waals surface area contributed by atoms with Crippen molar-refractivity contribution in [3.8, 4) is 0 Å². The maximum absolute atomic E-state index is 11.9. The Balaban J connectivity index is 1.46. The molecule has 0 aliphatic rings. The molecule has 1 aromatic heterocycles. The monoisotopic (exact) mass is 326 g/mol. The number of benzene rings is 2. The van der Waals surface area contributed by atoms with E-state index in [1.54, 1.807) is 0 Å². The molecule has 2 aromatic carbocycles. The normalized spacial score (nSPS) is 10.8. The number of hydrogen-bond donors (Lipinski definition) is 2. The number of fused-ring (bicyclic) bond motifs is 1. The van der Waals surface area contributed by atoms with Crippen molar-refractivity contribution in [3.05, 3.63) is 70.9 Å². The molecule has 0 radical (unpaired) electrons. The largest absolute Gasteiger partial charge is 0.361 e. The molecule has 118 valence electrons. The molecule has 0 atom stereocenters. The summed E-state index contributed by atoms with van der Waals surface area (Å²) in [5, 5.41) is 4.90. The number of amides is 1. The van der Waals surface area contributed by atoms with E-state index in [0.717, 1.165) is 29.8 Å². The van der Waals surface area contributed by atoms with E-state index in [4.69, 9.17) is 11.6 Å². The second kappa shape index (κ2) is 7.34. The summed E-state index contributed by atoms with van der Waals surface area (Å²) >= 11 is 6.06. The molecule has 0 bridgehead atoms. The number of nitrogens with one attached hydrogen (secondary N) is 2. The van der Waals surface area contributed by atoms with Crippen LogP contribution in [0.5, 0.6) is 0 Å². The first kappa shape index (κ1) is 15.6. The topological polar surface area (TPSA) is 44.9 Å². The van der Waals surface area contributed by atoms with Crippen molar-refractivity contribution in [1.82, 2.24) is 10.3 Å². The van der Waals surface area contributed by atoms with E-state index >= 15 is 0 Å². The number of aromatic nitrogens is 1. The number of unbranched alkanes of at least 4 members (excludes halogenated alkanes) is 1. The van der Waals surface area contributed by atoms with Crippen LogP contribution in [0, 0.1) is 0 Å². The average molecular weight is 327 g/mol. The third kappa shape index (κ3) is 3.93. The van der Waals surface area contributed by atoms with Gasteiger partial charge in [0, 0.05) is 34.2 Å². The molecule has 1 amide bonds. The van der Waals surface area contributed by atoms with Crippen LogP contribution in [0.15, 0.2) is 54.7 Å². The van der Waals surface area contributed by atoms with Gasteiger partial charge in [0.1, 0.15) is 0 Å². The van der Waals surface area contributed by atoms with Gasteiger partial charge in [-0.2, -0.15) is 0 Å². The molecule has 0 unspecified atom stereocenters. The van der Waals surface area contributed by atoms with E-state index in [0.29, 0.717) is 12.1 Å². The SMILES string of the molecule is O=C(NCCCCc1c[nH]c2ccc(Cl)cc12)c1ccccc1. The lowest BCUT2D eigenvalue weighted by Crippen LogP contribution is -2.24. The molecule has 0 fully saturated rings. The Kier molecular flexibility index (Phi) is 4.99. The Morgan fingerprint density at radius 1 is 1.09 bits per heavy atom. The van der Waals surface area contributed by atoms with Crippen LogP contribution >= 0.6 is 11.6 Å². The van der Waals surface area contributed by atoms with Crippen LogP contribution in [0.4, 0.5) is 0 Å². The summed E-state index contributed by atoms with van der Waals surface area (Å²) in [7, 11) is 0. The second-order valence-corrected chi connectivity index (χ2v) is 6.02. The van der Waals surface area contributed by atoms with E-state index in [9.17, 15) is 4.79 Å². The first-order valence-electron chi connectivity index (χ1n) is 7.83. The Hall–Kier alpha value is -2.26. The molecule has 0 saturated heterocycles. The zero-order valence-corrected chi connectivity index (χ0v) is 13.6. The molecular formula is C19H19ClN2O. The number of carbonyl (C=O) groups excluding carboxylic acids is 1. The number of aryl methyl sites for hydroxylation is 1. The second-order valence-electron chi connectivity index (χ2n) is 5.58. The van der Waals surface area contributed by atoms with E-state index in [-0.39, 0.29) is 5.91 Å². The van der Waals surface area contributed by atoms with Crippen LogP contribution in [0.2, 0.25) is 5.02 Å². The van der Waals surface area contributed by atoms with E-state index < -0.39 is 0 Å². The Morgan fingerprint density at radius 2 is 1.91 bits per heavy atom. The Bertz CT molecular complexity index is 795. The van der Waals surface area contributed by atoms with Gasteiger partial charge in [0.2, 0.25) is 0 Å². The fourth-order valence-corrected chi connectivity index (χ4v) is 2.86. The maximum atomic E-state index is 11.9. The van der Waals surface area contributed by atoms with Crippen LogP contribution in [-0.2, 0) is 6.42 Å². The van der Waals surface area contributed by atoms with Gasteiger partial charge < -0.3 is 10.3 Å². The van der Waals surface area contributed by atoms with E-state index in [2.05, 4.69) is 10.3 Å². The minimum Gasteiger partial charge on any atom is -0.361 e. The lowest BCUT2D eigenvalue weighted by atomic mass is 10.1. The molecule has 2 N–H and O–H groups in total. The first-order valence-corrected chi connectivity index (χ1v) is 8.20. The lowest BCUT2D eigenvalue weighted by molar-refractivity contribution is 0.0953. The molecule has 3 aromatic rings. The summed E-state index contributed by atoms with van der Waals surface area (Å²) in [4.78, 5) is 15.2. The molecule has 3 rings (SSSR count). The van der Waals surface area contributed by atoms with Gasteiger partial charge in [0.15, 0.2) is 0 Å². The van der Waals surface area contributed by atoms with Crippen LogP contribution in [0.25, 0.3) is 10.9 Å². The van der Waals surface area contributed by atoms with Gasteiger partial charge in [-0.3, -0.25) is 4.79 Å². The Labute approximate surface area is 140 Å². The average Bonchev–Trinajstić information content (AvgIpc) is 2.97. The third-order valence-corrected chi connectivity index (χ3v) is 4.16. The van der Waals surface area contributed by atoms with Crippen molar-refractivity contribution >= 4 is 28.4 Å². The minimum atomic E-state index is -0.00974. The molecular weight excluding hydrogens is 308 g/mol. The summed E-state index contributed by atoms with van der Waals surface area (Å²) in [6.07, 6.45) is 4.99. The van der Waals surface area contributed by atoms with Crippen molar-refractivity contribution in [2.45, 2.75) is 19.3 Å². The molecule has 0 saturated carbocycles. The number of rotatable bonds is 6. The highest BCUT2D eigenvalue weighted by Gasteiger charge is 2.05. The van der Waals surface area contributed by atoms with Crippen LogP contribution in [-0.4, -0.2) is 17.4 Å². The summed E-state index contributed by atoms with van der Waals surface area (Å²) < 4.78 is 0. The standard InChI is InChI=1S/C19H19ClN2O/c20-16-9-10-18-17(12-16)15(13-22-18)8-4-5-11-21-19(23)14-6-2-1-3-7-14/h1-3,6-7,9-10,12-13,22H,4-5,8,11H2,(H,21,23). The molecule has 0 spiro atoms. The fraction of sp³-hybridized carbons (Fsp3) is 0.211. The molecule has 3 nitrogen and oxygen atoms in total. The number of hydrogen-bond acceptors (Lipinski definition) is 1. The maximum Gasteiger partial charge on any atom is 0.251 e. The van der Waals surface area contributed by atoms with Gasteiger partial charge in [-0.25, -0.2) is 0 Å². The van der Waals surface area contributed by atoms with Gasteiger partial charge in [0.05, 0.1) is 0 Å². The number of H-pyrrole nitrogens is 1. The van der Waals surface area contributed by atoms with E-state index in [1.165, 1.54) is 10.9 Å². The highest BCUT2D eigenvalue weighted by Crippen LogP contribution is 2.23. The van der Waals surface area contributed by atoms with Gasteiger partial charge in [-0.1, -0.05) is 29.8 Å². The zero-order chi connectivity index (χ0) is 16.1. The van der Waals surface area contributed by atoms with Gasteiger partial charge >= 0.3 is 0 Å². The van der Waals surface area contributed by atoms with Crippen molar-refractivity contribution < 1.29 is 4.79 Å². The molecule has 23 heavy (non-hydrogen) atoms. The number of carbonyl (C=O) groups is 1. The van der Waals surface area contributed by atoms with Gasteiger partial charge in [0.25, 0.3) is 5.91 Å². The summed E-state index contributed by atoms with van der Waals surface area (Å²) in [6, 6.07) is 15.2. The van der Waals surface area contributed by atoms with Crippen LogP contribution in [0.1, 0.15) is 28.8 Å².